The molecule has 8 rings (SSSR count). The zero-order valence-corrected chi connectivity index (χ0v) is 25.9. The summed E-state index contributed by atoms with van der Waals surface area (Å²) >= 11 is 0. The number of Topliss-reactive ketones (excluding diaryl/α,β-unsaturated/α-hetero) is 1. The third-order valence-corrected chi connectivity index (χ3v) is 13.2. The maximum atomic E-state index is 14.8. The van der Waals surface area contributed by atoms with E-state index >= 15 is 0 Å². The summed E-state index contributed by atoms with van der Waals surface area (Å²) in [5.74, 6) is 0.497. The van der Waals surface area contributed by atoms with Crippen LogP contribution in [0.3, 0.4) is 0 Å². The number of benzene rings is 2. The third-order valence-electron chi connectivity index (χ3n) is 13.2. The van der Waals surface area contributed by atoms with Crippen LogP contribution in [0.4, 0.5) is 0 Å². The van der Waals surface area contributed by atoms with E-state index in [0.717, 1.165) is 48.8 Å². The number of nitrogens with zero attached hydrogens (tertiary/aromatic N) is 1. The van der Waals surface area contributed by atoms with Crippen molar-refractivity contribution >= 4 is 5.78 Å². The molecule has 0 saturated heterocycles. The van der Waals surface area contributed by atoms with Crippen LogP contribution < -0.4 is 0 Å². The van der Waals surface area contributed by atoms with Gasteiger partial charge in [-0.25, -0.2) is 0 Å². The van der Waals surface area contributed by atoms with E-state index in [0.29, 0.717) is 31.5 Å². The van der Waals surface area contributed by atoms with Crippen molar-refractivity contribution in [2.45, 2.75) is 70.5 Å². The van der Waals surface area contributed by atoms with Crippen molar-refractivity contribution in [2.24, 2.45) is 33.5 Å². The van der Waals surface area contributed by atoms with Crippen LogP contribution in [0.1, 0.15) is 69.2 Å². The van der Waals surface area contributed by atoms with Gasteiger partial charge < -0.3 is 20.2 Å². The van der Waals surface area contributed by atoms with E-state index in [1.807, 2.05) is 37.4 Å². The van der Waals surface area contributed by atoms with Crippen LogP contribution in [0, 0.1) is 33.5 Å². The lowest BCUT2D eigenvalue weighted by molar-refractivity contribution is -0.175. The molecular formula is C38H47NO4. The molecule has 6 aliphatic rings. The first-order valence-electron chi connectivity index (χ1n) is 16.4. The first-order chi connectivity index (χ1) is 20.5. The molecule has 228 valence electrons. The molecule has 2 aromatic rings. The van der Waals surface area contributed by atoms with Crippen LogP contribution in [-0.4, -0.2) is 64.5 Å². The Morgan fingerprint density at radius 1 is 0.884 bits per heavy atom. The van der Waals surface area contributed by atoms with Crippen molar-refractivity contribution in [3.63, 3.8) is 0 Å². The molecule has 3 fully saturated rings. The lowest BCUT2D eigenvalue weighted by Crippen LogP contribution is -2.67. The number of carbonyl (C=O) groups excluding carboxylic acids is 1. The van der Waals surface area contributed by atoms with Crippen molar-refractivity contribution in [2.75, 3.05) is 26.7 Å². The molecule has 0 heterocycles. The number of aliphatic hydroxyl groups excluding tert-OH is 2. The van der Waals surface area contributed by atoms with E-state index in [1.165, 1.54) is 0 Å². The monoisotopic (exact) mass is 581 g/mol. The molecule has 2 bridgehead atoms. The van der Waals surface area contributed by atoms with E-state index < -0.39 is 11.0 Å². The van der Waals surface area contributed by atoms with Crippen LogP contribution in [0.15, 0.2) is 78.4 Å². The molecule has 0 aliphatic heterocycles. The molecular weight excluding hydrogens is 534 g/mol. The highest BCUT2D eigenvalue weighted by atomic mass is 16.3. The summed E-state index contributed by atoms with van der Waals surface area (Å²) in [6, 6.07) is 18.3. The Bertz CT molecular complexity index is 1470. The molecule has 0 radical (unpaired) electrons. The van der Waals surface area contributed by atoms with Crippen LogP contribution >= 0.6 is 0 Å². The smallest absolute Gasteiger partial charge is 0.189 e. The molecule has 43 heavy (non-hydrogen) atoms. The largest absolute Gasteiger partial charge is 0.395 e. The zero-order chi connectivity index (χ0) is 30.3. The Labute approximate surface area is 256 Å². The molecule has 2 aromatic carbocycles. The average Bonchev–Trinajstić information content (AvgIpc) is 3.27. The van der Waals surface area contributed by atoms with Gasteiger partial charge in [0, 0.05) is 40.5 Å². The Morgan fingerprint density at radius 2 is 1.53 bits per heavy atom. The summed E-state index contributed by atoms with van der Waals surface area (Å²) in [6.45, 7) is 5.82. The SMILES string of the molecule is CN(CCO)C[C@]1(O)CC[C@H]2[C@]34C=C[C@@]5(C=C3C(=O)c3ccc(-c6ccccc6)cc3)CC(O)CC[C@]5(C)[C@H]4CC[C@@]21C. The molecule has 3 saturated carbocycles. The second-order valence-corrected chi connectivity index (χ2v) is 15.0. The molecule has 5 heteroatoms. The molecule has 0 amide bonds. The molecule has 8 atom stereocenters. The minimum Gasteiger partial charge on any atom is -0.395 e. The molecule has 2 spiro atoms. The van der Waals surface area contributed by atoms with Crippen LogP contribution in [0.5, 0.6) is 0 Å². The van der Waals surface area contributed by atoms with Crippen molar-refractivity contribution in [3.8, 4) is 11.1 Å². The predicted octanol–water partition coefficient (Wildman–Crippen LogP) is 6.05. The minimum absolute atomic E-state index is 0.0440. The summed E-state index contributed by atoms with van der Waals surface area (Å²) in [5.41, 5.74) is 1.72. The lowest BCUT2D eigenvalue weighted by atomic mass is 9.32. The fourth-order valence-electron chi connectivity index (χ4n) is 10.9. The lowest BCUT2D eigenvalue weighted by Gasteiger charge is -2.71. The van der Waals surface area contributed by atoms with Gasteiger partial charge in [-0.3, -0.25) is 4.79 Å². The maximum absolute atomic E-state index is 14.8. The van der Waals surface area contributed by atoms with Gasteiger partial charge in [0.25, 0.3) is 0 Å². The minimum atomic E-state index is -0.893. The third kappa shape index (κ3) is 3.94. The first-order valence-corrected chi connectivity index (χ1v) is 16.4. The number of hydrogen-bond acceptors (Lipinski definition) is 5. The highest BCUT2D eigenvalue weighted by Crippen LogP contribution is 2.78. The number of rotatable bonds is 7. The molecule has 1 unspecified atom stereocenters. The van der Waals surface area contributed by atoms with Crippen molar-refractivity contribution in [1.82, 2.24) is 4.90 Å². The van der Waals surface area contributed by atoms with E-state index in [9.17, 15) is 20.1 Å². The van der Waals surface area contributed by atoms with Gasteiger partial charge >= 0.3 is 0 Å². The van der Waals surface area contributed by atoms with Crippen LogP contribution in [-0.2, 0) is 0 Å². The fraction of sp³-hybridized carbons (Fsp3) is 0.553. The second-order valence-electron chi connectivity index (χ2n) is 15.0. The van der Waals surface area contributed by atoms with Gasteiger partial charge in [-0.15, -0.1) is 0 Å². The topological polar surface area (TPSA) is 81.0 Å². The quantitative estimate of drug-likeness (QED) is 0.274. The van der Waals surface area contributed by atoms with Crippen molar-refractivity contribution < 1.29 is 20.1 Å². The van der Waals surface area contributed by atoms with Gasteiger partial charge in [0.05, 0.1) is 18.3 Å². The average molecular weight is 582 g/mol. The number of fused-ring (bicyclic) bond motifs is 1. The molecule has 6 aliphatic carbocycles. The summed E-state index contributed by atoms with van der Waals surface area (Å²) < 4.78 is 0. The highest BCUT2D eigenvalue weighted by Gasteiger charge is 2.74. The van der Waals surface area contributed by atoms with E-state index in [1.54, 1.807) is 0 Å². The van der Waals surface area contributed by atoms with E-state index in [4.69, 9.17) is 0 Å². The number of ketones is 1. The van der Waals surface area contributed by atoms with E-state index in [2.05, 4.69) is 61.2 Å². The number of carbonyl (C=O) groups is 1. The van der Waals surface area contributed by atoms with Gasteiger partial charge in [0.15, 0.2) is 5.78 Å². The van der Waals surface area contributed by atoms with Crippen LogP contribution in [0.25, 0.3) is 11.1 Å². The zero-order valence-electron chi connectivity index (χ0n) is 25.9. The van der Waals surface area contributed by atoms with E-state index in [-0.39, 0.29) is 46.6 Å². The number of likely N-dealkylation sites (N-methyl/N-ethyl adjacent to an activating group) is 1. The summed E-state index contributed by atoms with van der Waals surface area (Å²) in [7, 11) is 1.98. The Balaban J connectivity index is 1.34. The summed E-state index contributed by atoms with van der Waals surface area (Å²) in [6.07, 6.45) is 12.5. The predicted molar refractivity (Wildman–Crippen MR) is 169 cm³/mol. The van der Waals surface area contributed by atoms with Gasteiger partial charge in [0.1, 0.15) is 0 Å². The first kappa shape index (κ1) is 29.2. The van der Waals surface area contributed by atoms with Crippen LogP contribution in [0.2, 0.25) is 0 Å². The molecule has 5 nitrogen and oxygen atoms in total. The number of allylic oxidation sites excluding steroid dienone is 4. The number of hydrogen-bond donors (Lipinski definition) is 3. The standard InChI is InChI=1S/C38H47NO4/c1-34-16-13-29(41)23-36(34)19-20-38(30(24-36)33(42)28-11-9-27(10-12-28)26-7-5-4-6-8-26)31(34)14-17-35(2)32(38)15-18-37(35,43)25-39(3)21-22-40/h4-12,19-20,24,29,31-32,40-41,43H,13-18,21-23,25H2,1-3H3/t29?,31-,32-,34-,35+,36+,37-,38-/m1/s1. The Hall–Kier alpha value is -2.57. The second kappa shape index (κ2) is 9.97. The summed E-state index contributed by atoms with van der Waals surface area (Å²) in [4.78, 5) is 16.9. The molecule has 3 N–H and O–H groups in total. The van der Waals surface area contributed by atoms with Gasteiger partial charge in [-0.1, -0.05) is 86.7 Å². The van der Waals surface area contributed by atoms with Gasteiger partial charge in [0.2, 0.25) is 0 Å². The Kier molecular flexibility index (Phi) is 6.76. The van der Waals surface area contributed by atoms with Crippen molar-refractivity contribution in [3.05, 3.63) is 84.0 Å². The maximum Gasteiger partial charge on any atom is 0.189 e. The fourth-order valence-corrected chi connectivity index (χ4v) is 10.9. The van der Waals surface area contributed by atoms with Gasteiger partial charge in [-0.05, 0) is 80.4 Å². The number of aliphatic hydroxyl groups is 3. The molecule has 0 aromatic heterocycles. The van der Waals surface area contributed by atoms with Crippen molar-refractivity contribution in [1.29, 1.82) is 0 Å². The normalized spacial score (nSPS) is 41.0. The Morgan fingerprint density at radius 3 is 2.26 bits per heavy atom. The van der Waals surface area contributed by atoms with Gasteiger partial charge in [-0.2, -0.15) is 0 Å². The highest BCUT2D eigenvalue weighted by molar-refractivity contribution is 6.10. The summed E-state index contributed by atoms with van der Waals surface area (Å²) in [5, 5.41) is 32.9.